The number of aryl methyl sites for hydroxylation is 1. The quantitative estimate of drug-likeness (QED) is 0.677. The second kappa shape index (κ2) is 7.74. The average Bonchev–Trinajstić information content (AvgIpc) is 3.14. The second-order valence-corrected chi connectivity index (χ2v) is 6.66. The first kappa shape index (κ1) is 18.1. The molecule has 2 N–H and O–H groups in total. The van der Waals surface area contributed by atoms with E-state index in [0.29, 0.717) is 34.6 Å². The Balaban J connectivity index is 1.46. The summed E-state index contributed by atoms with van der Waals surface area (Å²) >= 11 is 5.96. The highest BCUT2D eigenvalue weighted by Crippen LogP contribution is 2.32. The molecule has 1 aliphatic rings. The van der Waals surface area contributed by atoms with E-state index in [9.17, 15) is 4.79 Å². The lowest BCUT2D eigenvalue weighted by Crippen LogP contribution is -2.16. The number of hydrogen-bond donors (Lipinski definition) is 2. The van der Waals surface area contributed by atoms with Crippen LogP contribution in [0.15, 0.2) is 48.5 Å². The van der Waals surface area contributed by atoms with Crippen molar-refractivity contribution in [1.29, 1.82) is 0 Å². The van der Waals surface area contributed by atoms with Gasteiger partial charge in [-0.3, -0.25) is 4.79 Å². The lowest BCUT2D eigenvalue weighted by molar-refractivity contribution is 0.102. The van der Waals surface area contributed by atoms with E-state index in [1.54, 1.807) is 30.3 Å². The molecule has 1 amide bonds. The highest BCUT2D eigenvalue weighted by Gasteiger charge is 2.14. The van der Waals surface area contributed by atoms with Crippen LogP contribution in [0.25, 0.3) is 0 Å². The zero-order valence-electron chi connectivity index (χ0n) is 15.0. The number of rotatable bonds is 5. The summed E-state index contributed by atoms with van der Waals surface area (Å²) in [5, 5.41) is 6.47. The number of carbonyl (C=O) groups excluding carboxylic acids is 1. The molecule has 0 saturated carbocycles. The van der Waals surface area contributed by atoms with Crippen LogP contribution < -0.4 is 20.1 Å². The van der Waals surface area contributed by atoms with Crippen LogP contribution in [0.3, 0.4) is 0 Å². The summed E-state index contributed by atoms with van der Waals surface area (Å²) in [4.78, 5) is 21.2. The van der Waals surface area contributed by atoms with Gasteiger partial charge in [0.15, 0.2) is 11.5 Å². The van der Waals surface area contributed by atoms with E-state index in [0.717, 1.165) is 11.3 Å². The van der Waals surface area contributed by atoms with Crippen molar-refractivity contribution in [2.45, 2.75) is 13.5 Å². The maximum atomic E-state index is 12.5. The van der Waals surface area contributed by atoms with Gasteiger partial charge in [-0.2, -0.15) is 0 Å². The highest BCUT2D eigenvalue weighted by molar-refractivity contribution is 6.30. The van der Waals surface area contributed by atoms with Crippen LogP contribution in [0.1, 0.15) is 21.7 Å². The molecule has 4 rings (SSSR count). The van der Waals surface area contributed by atoms with E-state index in [1.165, 1.54) is 0 Å². The topological polar surface area (TPSA) is 85.4 Å². The smallest absolute Gasteiger partial charge is 0.274 e. The number of carbonyl (C=O) groups is 1. The molecule has 28 heavy (non-hydrogen) atoms. The average molecular weight is 397 g/mol. The number of amides is 1. The number of hydrogen-bond acceptors (Lipinski definition) is 6. The fraction of sp³-hybridized carbons (Fsp3) is 0.150. The fourth-order valence-electron chi connectivity index (χ4n) is 2.76. The zero-order chi connectivity index (χ0) is 19.5. The molecule has 0 unspecified atom stereocenters. The minimum Gasteiger partial charge on any atom is -0.454 e. The van der Waals surface area contributed by atoms with Crippen molar-refractivity contribution in [1.82, 2.24) is 9.97 Å². The Hall–Kier alpha value is -3.32. The van der Waals surface area contributed by atoms with Gasteiger partial charge in [0.2, 0.25) is 12.7 Å². The van der Waals surface area contributed by atoms with Gasteiger partial charge < -0.3 is 20.1 Å². The van der Waals surface area contributed by atoms with Gasteiger partial charge in [-0.25, -0.2) is 9.97 Å². The van der Waals surface area contributed by atoms with E-state index < -0.39 is 0 Å². The maximum absolute atomic E-state index is 12.5. The van der Waals surface area contributed by atoms with E-state index >= 15 is 0 Å². The monoisotopic (exact) mass is 396 g/mol. The van der Waals surface area contributed by atoms with Crippen molar-refractivity contribution in [2.75, 3.05) is 17.4 Å². The molecule has 1 aromatic heterocycles. The standard InChI is InChI=1S/C20H17ClN4O3/c1-12-7-16(19(26)24-15-4-2-3-14(21)9-15)25-20(23-12)22-10-13-5-6-17-18(8-13)28-11-27-17/h2-9H,10-11H2,1H3,(H,24,26)(H,22,23,25). The largest absolute Gasteiger partial charge is 0.454 e. The number of ether oxygens (including phenoxy) is 2. The maximum Gasteiger partial charge on any atom is 0.274 e. The first-order valence-corrected chi connectivity index (χ1v) is 8.99. The third kappa shape index (κ3) is 4.15. The Morgan fingerprint density at radius 3 is 2.82 bits per heavy atom. The third-order valence-corrected chi connectivity index (χ3v) is 4.29. The molecule has 0 radical (unpaired) electrons. The van der Waals surface area contributed by atoms with Crippen molar-refractivity contribution in [2.24, 2.45) is 0 Å². The third-order valence-electron chi connectivity index (χ3n) is 4.06. The van der Waals surface area contributed by atoms with E-state index in [2.05, 4.69) is 20.6 Å². The van der Waals surface area contributed by atoms with Crippen LogP contribution >= 0.6 is 11.6 Å². The highest BCUT2D eigenvalue weighted by atomic mass is 35.5. The number of nitrogens with zero attached hydrogens (tertiary/aromatic N) is 2. The Morgan fingerprint density at radius 2 is 1.96 bits per heavy atom. The first-order chi connectivity index (χ1) is 13.6. The number of anilines is 2. The van der Waals surface area contributed by atoms with Gasteiger partial charge in [-0.15, -0.1) is 0 Å². The number of fused-ring (bicyclic) bond motifs is 1. The molecule has 0 fully saturated rings. The van der Waals surface area contributed by atoms with Crippen molar-refractivity contribution in [3.63, 3.8) is 0 Å². The molecule has 2 heterocycles. The number of aromatic nitrogens is 2. The SMILES string of the molecule is Cc1cc(C(=O)Nc2cccc(Cl)c2)nc(NCc2ccc3c(c2)OCO3)n1. The van der Waals surface area contributed by atoms with E-state index in [1.807, 2.05) is 25.1 Å². The summed E-state index contributed by atoms with van der Waals surface area (Å²) in [5.41, 5.74) is 2.53. The molecule has 2 aromatic carbocycles. The molecular formula is C20H17ClN4O3. The number of halogens is 1. The van der Waals surface area contributed by atoms with Crippen LogP contribution in [0.4, 0.5) is 11.6 Å². The molecule has 3 aromatic rings. The number of nitrogens with one attached hydrogen (secondary N) is 2. The van der Waals surface area contributed by atoms with Gasteiger partial charge in [-0.1, -0.05) is 23.7 Å². The van der Waals surface area contributed by atoms with Gasteiger partial charge in [0.25, 0.3) is 5.91 Å². The number of benzene rings is 2. The molecular weight excluding hydrogens is 380 g/mol. The molecule has 0 aliphatic carbocycles. The van der Waals surface area contributed by atoms with Crippen LogP contribution in [0, 0.1) is 6.92 Å². The Bertz CT molecular complexity index is 1040. The van der Waals surface area contributed by atoms with Gasteiger partial charge >= 0.3 is 0 Å². The van der Waals surface area contributed by atoms with Crippen LogP contribution in [-0.4, -0.2) is 22.7 Å². The molecule has 1 aliphatic heterocycles. The predicted octanol–water partition coefficient (Wildman–Crippen LogP) is 4.03. The molecule has 0 atom stereocenters. The molecule has 0 bridgehead atoms. The van der Waals surface area contributed by atoms with Crippen LogP contribution in [-0.2, 0) is 6.54 Å². The van der Waals surface area contributed by atoms with Gasteiger partial charge in [0.1, 0.15) is 5.69 Å². The normalized spacial score (nSPS) is 11.9. The van der Waals surface area contributed by atoms with Crippen molar-refractivity contribution in [3.8, 4) is 11.5 Å². The van der Waals surface area contributed by atoms with Crippen molar-refractivity contribution >= 4 is 29.1 Å². The predicted molar refractivity (Wildman–Crippen MR) is 106 cm³/mol. The molecule has 0 spiro atoms. The zero-order valence-corrected chi connectivity index (χ0v) is 15.8. The molecule has 8 heteroatoms. The summed E-state index contributed by atoms with van der Waals surface area (Å²) in [5.74, 6) is 1.48. The molecule has 7 nitrogen and oxygen atoms in total. The molecule has 0 saturated heterocycles. The minimum atomic E-state index is -0.334. The second-order valence-electron chi connectivity index (χ2n) is 6.22. The summed E-state index contributed by atoms with van der Waals surface area (Å²) in [6.45, 7) is 2.53. The summed E-state index contributed by atoms with van der Waals surface area (Å²) < 4.78 is 10.7. The van der Waals surface area contributed by atoms with E-state index in [4.69, 9.17) is 21.1 Å². The lowest BCUT2D eigenvalue weighted by Gasteiger charge is -2.09. The first-order valence-electron chi connectivity index (χ1n) is 8.62. The Kier molecular flexibility index (Phi) is 4.99. The van der Waals surface area contributed by atoms with Crippen LogP contribution in [0.2, 0.25) is 5.02 Å². The summed E-state index contributed by atoms with van der Waals surface area (Å²) in [6, 6.07) is 14.3. The van der Waals surface area contributed by atoms with Gasteiger partial charge in [-0.05, 0) is 48.9 Å². The fourth-order valence-corrected chi connectivity index (χ4v) is 2.95. The Morgan fingerprint density at radius 1 is 1.11 bits per heavy atom. The summed E-state index contributed by atoms with van der Waals surface area (Å²) in [6.07, 6.45) is 0. The van der Waals surface area contributed by atoms with E-state index in [-0.39, 0.29) is 18.4 Å². The van der Waals surface area contributed by atoms with Gasteiger partial charge in [0, 0.05) is 22.9 Å². The lowest BCUT2D eigenvalue weighted by atomic mass is 10.2. The van der Waals surface area contributed by atoms with Gasteiger partial charge in [0.05, 0.1) is 0 Å². The minimum absolute atomic E-state index is 0.234. The Labute approximate surface area is 166 Å². The summed E-state index contributed by atoms with van der Waals surface area (Å²) in [7, 11) is 0. The molecule has 142 valence electrons. The van der Waals surface area contributed by atoms with Crippen LogP contribution in [0.5, 0.6) is 11.5 Å². The van der Waals surface area contributed by atoms with Crippen molar-refractivity contribution in [3.05, 3.63) is 70.5 Å². The van der Waals surface area contributed by atoms with Crippen molar-refractivity contribution < 1.29 is 14.3 Å².